The minimum atomic E-state index is -3.47. The minimum Gasteiger partial charge on any atom is -0.332 e. The Bertz CT molecular complexity index is 827. The standard InChI is InChI=1S/C20H27N3O3S/c1-15(24)21-19-4-6-20(7-5-19)27(25,26)23-10-8-22(9-11-23)14-18-13-16-2-3-17(18)12-16/h2-7,16-18H,8-14H2,1H3,(H,21,24)/p+1/t16-,17+,18-/m1/s1. The summed E-state index contributed by atoms with van der Waals surface area (Å²) >= 11 is 0. The molecule has 3 aliphatic rings. The number of piperazine rings is 1. The van der Waals surface area contributed by atoms with Crippen LogP contribution in [0.1, 0.15) is 19.8 Å². The third-order valence-corrected chi connectivity index (χ3v) is 8.12. The zero-order chi connectivity index (χ0) is 19.0. The number of carbonyl (C=O) groups is 1. The summed E-state index contributed by atoms with van der Waals surface area (Å²) in [5.41, 5.74) is 0.607. The van der Waals surface area contributed by atoms with Gasteiger partial charge in [0.15, 0.2) is 0 Å². The van der Waals surface area contributed by atoms with Gasteiger partial charge >= 0.3 is 0 Å². The van der Waals surface area contributed by atoms with Crippen molar-refractivity contribution in [1.82, 2.24) is 4.31 Å². The van der Waals surface area contributed by atoms with Gasteiger partial charge in [-0.05, 0) is 48.9 Å². The molecule has 146 valence electrons. The van der Waals surface area contributed by atoms with E-state index >= 15 is 0 Å². The van der Waals surface area contributed by atoms with Crippen molar-refractivity contribution >= 4 is 21.6 Å². The molecular formula is C20H28N3O3S+. The van der Waals surface area contributed by atoms with Crippen LogP contribution in [0.15, 0.2) is 41.3 Å². The molecule has 1 heterocycles. The monoisotopic (exact) mass is 390 g/mol. The number of sulfonamides is 1. The normalized spacial score (nSPS) is 28.6. The predicted octanol–water partition coefficient (Wildman–Crippen LogP) is 0.746. The van der Waals surface area contributed by atoms with Crippen LogP contribution >= 0.6 is 0 Å². The SMILES string of the molecule is CC(=O)Nc1ccc(S(=O)(=O)N2CC[NH+](C[C@H]3C[C@@H]4C=C[C@H]3C4)CC2)cc1. The van der Waals surface area contributed by atoms with Crippen molar-refractivity contribution in [1.29, 1.82) is 0 Å². The lowest BCUT2D eigenvalue weighted by molar-refractivity contribution is -0.907. The average Bonchev–Trinajstić information content (AvgIpc) is 3.25. The largest absolute Gasteiger partial charge is 0.332 e. The fourth-order valence-electron chi connectivity index (χ4n) is 4.81. The lowest BCUT2D eigenvalue weighted by atomic mass is 9.93. The number of nitrogens with one attached hydrogen (secondary N) is 2. The summed E-state index contributed by atoms with van der Waals surface area (Å²) in [6, 6.07) is 6.42. The lowest BCUT2D eigenvalue weighted by Crippen LogP contribution is -3.15. The quantitative estimate of drug-likeness (QED) is 0.729. The van der Waals surface area contributed by atoms with E-state index in [0.717, 1.165) is 30.8 Å². The number of carbonyl (C=O) groups excluding carboxylic acids is 1. The van der Waals surface area contributed by atoms with Gasteiger partial charge in [-0.1, -0.05) is 12.2 Å². The minimum absolute atomic E-state index is 0.171. The number of amides is 1. The number of fused-ring (bicyclic) bond motifs is 2. The maximum Gasteiger partial charge on any atom is 0.243 e. The van der Waals surface area contributed by atoms with Crippen LogP contribution in [0.25, 0.3) is 0 Å². The van der Waals surface area contributed by atoms with Gasteiger partial charge in [-0.2, -0.15) is 4.31 Å². The molecule has 1 saturated heterocycles. The van der Waals surface area contributed by atoms with E-state index in [4.69, 9.17) is 0 Å². The zero-order valence-electron chi connectivity index (χ0n) is 15.7. The highest BCUT2D eigenvalue weighted by Gasteiger charge is 2.39. The second kappa shape index (κ2) is 7.37. The number of hydrogen-bond acceptors (Lipinski definition) is 3. The van der Waals surface area contributed by atoms with E-state index in [1.807, 2.05) is 0 Å². The molecular weight excluding hydrogens is 362 g/mol. The molecule has 1 aromatic carbocycles. The van der Waals surface area contributed by atoms with Crippen molar-refractivity contribution < 1.29 is 18.1 Å². The zero-order valence-corrected chi connectivity index (χ0v) is 16.5. The number of benzene rings is 1. The first-order valence-corrected chi connectivity index (χ1v) is 11.3. The second-order valence-electron chi connectivity index (χ2n) is 8.10. The molecule has 1 amide bonds. The first-order chi connectivity index (χ1) is 12.9. The molecule has 0 spiro atoms. The molecule has 1 aromatic rings. The molecule has 2 N–H and O–H groups in total. The van der Waals surface area contributed by atoms with Crippen LogP contribution in [-0.2, 0) is 14.8 Å². The third kappa shape index (κ3) is 3.95. The topological polar surface area (TPSA) is 70.9 Å². The highest BCUT2D eigenvalue weighted by Crippen LogP contribution is 2.42. The van der Waals surface area contributed by atoms with Crippen molar-refractivity contribution in [2.45, 2.75) is 24.7 Å². The Morgan fingerprint density at radius 2 is 1.85 bits per heavy atom. The Morgan fingerprint density at radius 1 is 1.15 bits per heavy atom. The summed E-state index contributed by atoms with van der Waals surface area (Å²) in [6.45, 7) is 5.50. The van der Waals surface area contributed by atoms with Gasteiger partial charge in [0.05, 0.1) is 37.6 Å². The van der Waals surface area contributed by atoms with E-state index in [1.54, 1.807) is 28.6 Å². The second-order valence-corrected chi connectivity index (χ2v) is 10.0. The van der Waals surface area contributed by atoms with Crippen LogP contribution in [0.3, 0.4) is 0 Å². The fraction of sp³-hybridized carbons (Fsp3) is 0.550. The van der Waals surface area contributed by atoms with Crippen LogP contribution in [0, 0.1) is 17.8 Å². The van der Waals surface area contributed by atoms with E-state index in [0.29, 0.717) is 23.7 Å². The summed E-state index contributed by atoms with van der Waals surface area (Å²) < 4.78 is 27.4. The third-order valence-electron chi connectivity index (χ3n) is 6.21. The van der Waals surface area contributed by atoms with Crippen molar-refractivity contribution in [2.75, 3.05) is 38.0 Å². The Morgan fingerprint density at radius 3 is 2.41 bits per heavy atom. The van der Waals surface area contributed by atoms with Gasteiger partial charge in [-0.25, -0.2) is 8.42 Å². The summed E-state index contributed by atoms with van der Waals surface area (Å²) in [5, 5.41) is 2.66. The molecule has 4 rings (SSSR count). The van der Waals surface area contributed by atoms with E-state index in [-0.39, 0.29) is 5.91 Å². The Labute approximate surface area is 161 Å². The number of hydrogen-bond donors (Lipinski definition) is 2. The summed E-state index contributed by atoms with van der Waals surface area (Å²) in [7, 11) is -3.47. The maximum absolute atomic E-state index is 12.9. The van der Waals surface area contributed by atoms with Gasteiger partial charge in [0.25, 0.3) is 0 Å². The van der Waals surface area contributed by atoms with E-state index < -0.39 is 10.0 Å². The molecule has 2 aliphatic carbocycles. The molecule has 1 aliphatic heterocycles. The molecule has 1 saturated carbocycles. The molecule has 2 fully saturated rings. The van der Waals surface area contributed by atoms with Crippen LogP contribution in [0.4, 0.5) is 5.69 Å². The van der Waals surface area contributed by atoms with Crippen molar-refractivity contribution in [2.24, 2.45) is 17.8 Å². The summed E-state index contributed by atoms with van der Waals surface area (Å²) in [6.07, 6.45) is 7.40. The van der Waals surface area contributed by atoms with Gasteiger partial charge in [0.2, 0.25) is 15.9 Å². The van der Waals surface area contributed by atoms with E-state index in [2.05, 4.69) is 17.5 Å². The van der Waals surface area contributed by atoms with Gasteiger partial charge in [-0.3, -0.25) is 4.79 Å². The van der Waals surface area contributed by atoms with Crippen LogP contribution in [0.5, 0.6) is 0 Å². The number of rotatable bonds is 5. The van der Waals surface area contributed by atoms with Crippen molar-refractivity contribution in [3.63, 3.8) is 0 Å². The fourth-order valence-corrected chi connectivity index (χ4v) is 6.25. The number of quaternary nitrogens is 1. The Kier molecular flexibility index (Phi) is 5.09. The Hall–Kier alpha value is -1.70. The van der Waals surface area contributed by atoms with Crippen LogP contribution < -0.4 is 10.2 Å². The van der Waals surface area contributed by atoms with Crippen molar-refractivity contribution in [3.8, 4) is 0 Å². The molecule has 7 heteroatoms. The van der Waals surface area contributed by atoms with E-state index in [1.165, 1.54) is 31.2 Å². The highest BCUT2D eigenvalue weighted by atomic mass is 32.2. The molecule has 0 aromatic heterocycles. The van der Waals surface area contributed by atoms with Crippen LogP contribution in [-0.4, -0.2) is 51.4 Å². The van der Waals surface area contributed by atoms with Gasteiger partial charge in [0, 0.05) is 18.5 Å². The average molecular weight is 391 g/mol. The molecule has 0 radical (unpaired) electrons. The number of allylic oxidation sites excluding steroid dienone is 2. The first kappa shape index (κ1) is 18.7. The molecule has 6 nitrogen and oxygen atoms in total. The predicted molar refractivity (Wildman–Crippen MR) is 104 cm³/mol. The van der Waals surface area contributed by atoms with Gasteiger partial charge < -0.3 is 10.2 Å². The van der Waals surface area contributed by atoms with Gasteiger partial charge in [-0.15, -0.1) is 0 Å². The molecule has 2 bridgehead atoms. The highest BCUT2D eigenvalue weighted by molar-refractivity contribution is 7.89. The summed E-state index contributed by atoms with van der Waals surface area (Å²) in [5.74, 6) is 2.16. The Balaban J connectivity index is 1.34. The maximum atomic E-state index is 12.9. The first-order valence-electron chi connectivity index (χ1n) is 9.81. The van der Waals surface area contributed by atoms with Crippen LogP contribution in [0.2, 0.25) is 0 Å². The number of nitrogens with zero attached hydrogens (tertiary/aromatic N) is 1. The number of anilines is 1. The summed E-state index contributed by atoms with van der Waals surface area (Å²) in [4.78, 5) is 12.9. The lowest BCUT2D eigenvalue weighted by Gasteiger charge is -2.33. The molecule has 27 heavy (non-hydrogen) atoms. The van der Waals surface area contributed by atoms with Gasteiger partial charge in [0.1, 0.15) is 0 Å². The smallest absolute Gasteiger partial charge is 0.243 e. The van der Waals surface area contributed by atoms with E-state index in [9.17, 15) is 13.2 Å². The molecule has 3 atom stereocenters. The van der Waals surface area contributed by atoms with Crippen molar-refractivity contribution in [3.05, 3.63) is 36.4 Å². The molecule has 0 unspecified atom stereocenters.